The van der Waals surface area contributed by atoms with Crippen molar-refractivity contribution >= 4 is 11.6 Å². The molecule has 0 aliphatic heterocycles. The van der Waals surface area contributed by atoms with E-state index in [9.17, 15) is 4.79 Å². The van der Waals surface area contributed by atoms with E-state index < -0.39 is 0 Å². The van der Waals surface area contributed by atoms with E-state index in [-0.39, 0.29) is 17.6 Å². The summed E-state index contributed by atoms with van der Waals surface area (Å²) in [5.74, 6) is 1.10. The molecule has 0 aliphatic rings. The van der Waals surface area contributed by atoms with Gasteiger partial charge >= 0.3 is 5.56 Å². The van der Waals surface area contributed by atoms with Crippen molar-refractivity contribution in [1.82, 2.24) is 19.9 Å². The average molecular weight is 431 g/mol. The molecule has 30 heavy (non-hydrogen) atoms. The zero-order valence-electron chi connectivity index (χ0n) is 17.5. The third-order valence-electron chi connectivity index (χ3n) is 4.40. The standard InChI is InChI=1S/C21H23ClN4O4/c1-21(2,3)15-10-16(22)14(19-23-11-17(28-4)20(25-19)29-5)9-13(15)12-30-26-18(27)7-6-8-24-26/h6-11H,12H2,1-5H3. The molecule has 0 bridgehead atoms. The molecule has 2 aromatic heterocycles. The van der Waals surface area contributed by atoms with Gasteiger partial charge in [0.1, 0.15) is 6.61 Å². The van der Waals surface area contributed by atoms with E-state index in [0.717, 1.165) is 16.0 Å². The van der Waals surface area contributed by atoms with E-state index in [0.29, 0.717) is 28.0 Å². The third-order valence-corrected chi connectivity index (χ3v) is 4.72. The van der Waals surface area contributed by atoms with Crippen molar-refractivity contribution in [1.29, 1.82) is 0 Å². The Morgan fingerprint density at radius 1 is 1.17 bits per heavy atom. The molecule has 0 radical (unpaired) electrons. The van der Waals surface area contributed by atoms with E-state index in [1.165, 1.54) is 32.7 Å². The van der Waals surface area contributed by atoms with E-state index in [1.807, 2.05) is 12.1 Å². The molecule has 1 aromatic carbocycles. The molecule has 0 amide bonds. The molecular formula is C21H23ClN4O4. The lowest BCUT2D eigenvalue weighted by molar-refractivity contribution is 0.0587. The zero-order valence-corrected chi connectivity index (χ0v) is 18.2. The summed E-state index contributed by atoms with van der Waals surface area (Å²) in [6.07, 6.45) is 3.01. The van der Waals surface area contributed by atoms with Gasteiger partial charge in [0, 0.05) is 11.6 Å². The number of hydrogen-bond acceptors (Lipinski definition) is 7. The van der Waals surface area contributed by atoms with Crippen LogP contribution in [0.3, 0.4) is 0 Å². The molecule has 0 saturated carbocycles. The van der Waals surface area contributed by atoms with Gasteiger partial charge in [-0.3, -0.25) is 4.79 Å². The van der Waals surface area contributed by atoms with Gasteiger partial charge < -0.3 is 14.3 Å². The van der Waals surface area contributed by atoms with Crippen LogP contribution in [0.2, 0.25) is 5.02 Å². The van der Waals surface area contributed by atoms with Crippen LogP contribution in [-0.2, 0) is 12.0 Å². The molecule has 0 atom stereocenters. The topological polar surface area (TPSA) is 88.4 Å². The highest BCUT2D eigenvalue weighted by molar-refractivity contribution is 6.33. The SMILES string of the molecule is COc1cnc(-c2cc(COn3ncccc3=O)c(C(C)(C)C)cc2Cl)nc1OC. The second kappa shape index (κ2) is 8.71. The van der Waals surface area contributed by atoms with Crippen molar-refractivity contribution in [2.45, 2.75) is 32.8 Å². The van der Waals surface area contributed by atoms with Crippen LogP contribution in [-0.4, -0.2) is 34.1 Å². The second-order valence-electron chi connectivity index (χ2n) is 7.52. The quantitative estimate of drug-likeness (QED) is 0.592. The van der Waals surface area contributed by atoms with Crippen LogP contribution in [0.15, 0.2) is 41.5 Å². The first-order chi connectivity index (χ1) is 14.2. The van der Waals surface area contributed by atoms with Crippen LogP contribution in [0.5, 0.6) is 11.6 Å². The normalized spacial score (nSPS) is 11.3. The van der Waals surface area contributed by atoms with Gasteiger partial charge in [0.25, 0.3) is 5.88 Å². The molecule has 0 unspecified atom stereocenters. The minimum absolute atomic E-state index is 0.112. The molecule has 3 rings (SSSR count). The molecule has 158 valence electrons. The maximum absolute atomic E-state index is 11.9. The Balaban J connectivity index is 2.07. The highest BCUT2D eigenvalue weighted by atomic mass is 35.5. The molecule has 0 aliphatic carbocycles. The fourth-order valence-corrected chi connectivity index (χ4v) is 3.20. The number of methoxy groups -OCH3 is 2. The van der Waals surface area contributed by atoms with Gasteiger partial charge in [-0.2, -0.15) is 4.98 Å². The zero-order chi connectivity index (χ0) is 21.9. The van der Waals surface area contributed by atoms with Crippen molar-refractivity contribution in [3.63, 3.8) is 0 Å². The summed E-state index contributed by atoms with van der Waals surface area (Å²) in [6, 6.07) is 6.66. The summed E-state index contributed by atoms with van der Waals surface area (Å²) >= 11 is 6.59. The molecule has 0 spiro atoms. The average Bonchev–Trinajstić information content (AvgIpc) is 2.72. The van der Waals surface area contributed by atoms with Crippen LogP contribution in [0.25, 0.3) is 11.4 Å². The second-order valence-corrected chi connectivity index (χ2v) is 7.93. The lowest BCUT2D eigenvalue weighted by atomic mass is 9.83. The number of aromatic nitrogens is 4. The predicted molar refractivity (Wildman–Crippen MR) is 113 cm³/mol. The van der Waals surface area contributed by atoms with Gasteiger partial charge in [-0.25, -0.2) is 4.98 Å². The smallest absolute Gasteiger partial charge is 0.303 e. The molecule has 3 aromatic rings. The third kappa shape index (κ3) is 4.54. The van der Waals surface area contributed by atoms with E-state index in [4.69, 9.17) is 25.9 Å². The predicted octanol–water partition coefficient (Wildman–Crippen LogP) is 3.30. The molecular weight excluding hydrogens is 408 g/mol. The van der Waals surface area contributed by atoms with Gasteiger partial charge in [0.05, 0.1) is 31.6 Å². The van der Waals surface area contributed by atoms with Crippen molar-refractivity contribution in [2.75, 3.05) is 14.2 Å². The summed E-state index contributed by atoms with van der Waals surface area (Å²) in [5, 5.41) is 4.42. The van der Waals surface area contributed by atoms with E-state index in [1.54, 1.807) is 6.07 Å². The fraction of sp³-hybridized carbons (Fsp3) is 0.333. The monoisotopic (exact) mass is 430 g/mol. The van der Waals surface area contributed by atoms with Crippen LogP contribution in [0, 0.1) is 0 Å². The number of ether oxygens (including phenoxy) is 2. The summed E-state index contributed by atoms with van der Waals surface area (Å²) in [5.41, 5.74) is 1.84. The first kappa shape index (κ1) is 21.6. The lowest BCUT2D eigenvalue weighted by Crippen LogP contribution is -2.28. The van der Waals surface area contributed by atoms with Crippen molar-refractivity contribution in [2.24, 2.45) is 0 Å². The molecule has 0 saturated heterocycles. The Hall–Kier alpha value is -3.13. The van der Waals surface area contributed by atoms with E-state index >= 15 is 0 Å². The Labute approximate surface area is 179 Å². The Kier molecular flexibility index (Phi) is 6.26. The summed E-state index contributed by atoms with van der Waals surface area (Å²) in [7, 11) is 3.02. The maximum Gasteiger partial charge on any atom is 0.303 e. The van der Waals surface area contributed by atoms with Gasteiger partial charge in [-0.05, 0) is 34.7 Å². The highest BCUT2D eigenvalue weighted by Crippen LogP contribution is 2.36. The Morgan fingerprint density at radius 2 is 1.93 bits per heavy atom. The first-order valence-corrected chi connectivity index (χ1v) is 9.58. The minimum atomic E-state index is -0.354. The fourth-order valence-electron chi connectivity index (χ4n) is 2.95. The van der Waals surface area contributed by atoms with Gasteiger partial charge in [0.15, 0.2) is 11.6 Å². The van der Waals surface area contributed by atoms with Crippen molar-refractivity contribution in [3.05, 3.63) is 63.2 Å². The summed E-state index contributed by atoms with van der Waals surface area (Å²) in [6.45, 7) is 6.33. The Bertz CT molecular complexity index is 1110. The minimum Gasteiger partial charge on any atom is -0.490 e. The number of hydrogen-bond donors (Lipinski definition) is 0. The largest absolute Gasteiger partial charge is 0.490 e. The number of benzene rings is 1. The molecule has 8 nitrogen and oxygen atoms in total. The maximum atomic E-state index is 11.9. The Morgan fingerprint density at radius 3 is 2.57 bits per heavy atom. The molecule has 2 heterocycles. The molecule has 9 heteroatoms. The lowest BCUT2D eigenvalue weighted by Gasteiger charge is -2.24. The van der Waals surface area contributed by atoms with Crippen LogP contribution in [0.4, 0.5) is 0 Å². The number of halogens is 1. The van der Waals surface area contributed by atoms with Crippen molar-refractivity contribution < 1.29 is 14.3 Å². The van der Waals surface area contributed by atoms with Gasteiger partial charge in [-0.1, -0.05) is 37.2 Å². The molecule has 0 N–H and O–H groups in total. The number of nitrogens with zero attached hydrogens (tertiary/aromatic N) is 4. The van der Waals surface area contributed by atoms with E-state index in [2.05, 4.69) is 35.8 Å². The first-order valence-electron chi connectivity index (χ1n) is 9.20. The van der Waals surface area contributed by atoms with Gasteiger partial charge in [0.2, 0.25) is 0 Å². The van der Waals surface area contributed by atoms with Crippen LogP contribution in [0.1, 0.15) is 31.9 Å². The summed E-state index contributed by atoms with van der Waals surface area (Å²) < 4.78 is 10.5. The summed E-state index contributed by atoms with van der Waals surface area (Å²) in [4.78, 5) is 27.2. The van der Waals surface area contributed by atoms with Gasteiger partial charge in [-0.15, -0.1) is 5.10 Å². The number of rotatable bonds is 6. The molecule has 0 fully saturated rings. The highest BCUT2D eigenvalue weighted by Gasteiger charge is 2.22. The van der Waals surface area contributed by atoms with Crippen molar-refractivity contribution in [3.8, 4) is 23.0 Å². The van der Waals surface area contributed by atoms with Crippen LogP contribution >= 0.6 is 11.6 Å². The van der Waals surface area contributed by atoms with Crippen LogP contribution < -0.4 is 19.9 Å².